The number of nitrogens with zero attached hydrogens (tertiary/aromatic N) is 1. The Bertz CT molecular complexity index is 277. The van der Waals surface area contributed by atoms with Crippen molar-refractivity contribution in [3.8, 4) is 0 Å². The highest BCUT2D eigenvalue weighted by Crippen LogP contribution is 2.44. The van der Waals surface area contributed by atoms with Crippen molar-refractivity contribution >= 4 is 0 Å². The summed E-state index contributed by atoms with van der Waals surface area (Å²) in [5.74, 6) is 2.18. The van der Waals surface area contributed by atoms with Gasteiger partial charge in [-0.1, -0.05) is 38.5 Å². The normalized spacial score (nSPS) is 47.7. The van der Waals surface area contributed by atoms with E-state index >= 15 is 0 Å². The number of rotatable bonds is 1. The molecule has 0 radical (unpaired) electrons. The van der Waals surface area contributed by atoms with Gasteiger partial charge in [0.25, 0.3) is 0 Å². The summed E-state index contributed by atoms with van der Waals surface area (Å²) in [6.45, 7) is 0. The second kappa shape index (κ2) is 5.39. The lowest BCUT2D eigenvalue weighted by Gasteiger charge is -2.52. The van der Waals surface area contributed by atoms with Gasteiger partial charge in [0, 0.05) is 18.1 Å². The Hall–Kier alpha value is -0.0400. The molecule has 0 aromatic rings. The van der Waals surface area contributed by atoms with Gasteiger partial charge in [0.05, 0.1) is 0 Å². The van der Waals surface area contributed by atoms with Gasteiger partial charge < -0.3 is 0 Å². The van der Waals surface area contributed by atoms with E-state index in [2.05, 4.69) is 4.90 Å². The van der Waals surface area contributed by atoms with Crippen LogP contribution in [0.15, 0.2) is 0 Å². The molecule has 4 rings (SSSR count). The van der Waals surface area contributed by atoms with Gasteiger partial charge in [-0.2, -0.15) is 0 Å². The van der Waals surface area contributed by atoms with Gasteiger partial charge in [-0.05, 0) is 56.8 Å². The average Bonchev–Trinajstić information content (AvgIpc) is 2.58. The van der Waals surface area contributed by atoms with Gasteiger partial charge in [-0.15, -0.1) is 0 Å². The lowest BCUT2D eigenvalue weighted by molar-refractivity contribution is -0.0274. The summed E-state index contributed by atoms with van der Waals surface area (Å²) < 4.78 is 0. The number of piperidine rings is 2. The van der Waals surface area contributed by atoms with Gasteiger partial charge in [0.15, 0.2) is 0 Å². The van der Waals surface area contributed by atoms with E-state index in [4.69, 9.17) is 0 Å². The standard InChI is InChI=1S/C18H31N/c1-2-6-15-11-14(5-1)12-18(13-15)19-16-7-3-8-17(19)10-4-9-16/h14-18H,1-13H2. The molecule has 2 aliphatic carbocycles. The average molecular weight is 261 g/mol. The molecule has 2 aliphatic heterocycles. The maximum absolute atomic E-state index is 3.07. The molecule has 4 bridgehead atoms. The third-order valence-electron chi connectivity index (χ3n) is 6.77. The number of hydrogen-bond acceptors (Lipinski definition) is 1. The van der Waals surface area contributed by atoms with Crippen molar-refractivity contribution < 1.29 is 0 Å². The molecule has 0 spiro atoms. The zero-order chi connectivity index (χ0) is 12.7. The molecule has 1 nitrogen and oxygen atoms in total. The first kappa shape index (κ1) is 12.7. The summed E-state index contributed by atoms with van der Waals surface area (Å²) in [7, 11) is 0. The van der Waals surface area contributed by atoms with Crippen LogP contribution >= 0.6 is 0 Å². The topological polar surface area (TPSA) is 3.24 Å². The fourth-order valence-electron chi connectivity index (χ4n) is 6.07. The summed E-state index contributed by atoms with van der Waals surface area (Å²) >= 11 is 0. The molecule has 2 saturated carbocycles. The predicted octanol–water partition coefficient (Wildman–Crippen LogP) is 4.75. The van der Waals surface area contributed by atoms with E-state index in [1.807, 2.05) is 0 Å². The van der Waals surface area contributed by atoms with Gasteiger partial charge in [-0.25, -0.2) is 0 Å². The van der Waals surface area contributed by atoms with Crippen molar-refractivity contribution in [3.63, 3.8) is 0 Å². The molecular weight excluding hydrogens is 230 g/mol. The van der Waals surface area contributed by atoms with Crippen LogP contribution < -0.4 is 0 Å². The molecule has 2 unspecified atom stereocenters. The first-order valence-corrected chi connectivity index (χ1v) is 9.17. The van der Waals surface area contributed by atoms with E-state index in [0.29, 0.717) is 0 Å². The van der Waals surface area contributed by atoms with E-state index < -0.39 is 0 Å². The second-order valence-electron chi connectivity index (χ2n) is 7.99. The molecule has 0 amide bonds. The molecule has 19 heavy (non-hydrogen) atoms. The van der Waals surface area contributed by atoms with Crippen molar-refractivity contribution in [1.29, 1.82) is 0 Å². The molecule has 2 atom stereocenters. The first-order valence-electron chi connectivity index (χ1n) is 9.17. The zero-order valence-electron chi connectivity index (χ0n) is 12.5. The van der Waals surface area contributed by atoms with Gasteiger partial charge >= 0.3 is 0 Å². The van der Waals surface area contributed by atoms with Crippen LogP contribution in [0.25, 0.3) is 0 Å². The monoisotopic (exact) mass is 261 g/mol. The molecule has 0 N–H and O–H groups in total. The van der Waals surface area contributed by atoms with Crippen LogP contribution in [0.2, 0.25) is 0 Å². The highest BCUT2D eigenvalue weighted by atomic mass is 15.2. The number of hydrogen-bond donors (Lipinski definition) is 0. The molecule has 4 aliphatic rings. The van der Waals surface area contributed by atoms with Crippen LogP contribution in [-0.2, 0) is 0 Å². The minimum Gasteiger partial charge on any atom is -0.294 e. The Morgan fingerprint density at radius 2 is 1.00 bits per heavy atom. The first-order chi connectivity index (χ1) is 9.40. The Balaban J connectivity index is 1.51. The number of fused-ring (bicyclic) bond motifs is 4. The van der Waals surface area contributed by atoms with E-state index in [1.54, 1.807) is 32.1 Å². The fourth-order valence-corrected chi connectivity index (χ4v) is 6.07. The predicted molar refractivity (Wildman–Crippen MR) is 80.2 cm³/mol. The molecule has 2 saturated heterocycles. The zero-order valence-corrected chi connectivity index (χ0v) is 12.5. The quantitative estimate of drug-likeness (QED) is 0.658. The summed E-state index contributed by atoms with van der Waals surface area (Å²) in [6, 6.07) is 2.95. The molecule has 4 fully saturated rings. The molecular formula is C18H31N. The van der Waals surface area contributed by atoms with Gasteiger partial charge in [0.2, 0.25) is 0 Å². The summed E-state index contributed by atoms with van der Waals surface area (Å²) in [5, 5.41) is 0. The van der Waals surface area contributed by atoms with Crippen LogP contribution in [0.4, 0.5) is 0 Å². The highest BCUT2D eigenvalue weighted by Gasteiger charge is 2.41. The van der Waals surface area contributed by atoms with E-state index in [-0.39, 0.29) is 0 Å². The molecule has 0 aromatic heterocycles. The maximum atomic E-state index is 3.07. The smallest absolute Gasteiger partial charge is 0.0106 e. The third-order valence-corrected chi connectivity index (χ3v) is 6.77. The Kier molecular flexibility index (Phi) is 3.60. The largest absolute Gasteiger partial charge is 0.294 e. The Morgan fingerprint density at radius 3 is 1.53 bits per heavy atom. The highest BCUT2D eigenvalue weighted by molar-refractivity contribution is 4.96. The SMILES string of the molecule is C1CCC2CC(C1)CC(N1C3CCCC1CCC3)C2. The van der Waals surface area contributed by atoms with Crippen molar-refractivity contribution in [2.75, 3.05) is 0 Å². The molecule has 1 heteroatoms. The summed E-state index contributed by atoms with van der Waals surface area (Å²) in [6.07, 6.45) is 20.0. The van der Waals surface area contributed by atoms with E-state index in [9.17, 15) is 0 Å². The van der Waals surface area contributed by atoms with Crippen molar-refractivity contribution in [2.24, 2.45) is 11.8 Å². The van der Waals surface area contributed by atoms with Gasteiger partial charge in [-0.3, -0.25) is 4.90 Å². The fraction of sp³-hybridized carbons (Fsp3) is 1.00. The Labute approximate surface area is 119 Å². The lowest BCUT2D eigenvalue weighted by atomic mass is 9.74. The van der Waals surface area contributed by atoms with Crippen LogP contribution in [0.5, 0.6) is 0 Å². The maximum Gasteiger partial charge on any atom is 0.0106 e. The minimum absolute atomic E-state index is 0.984. The summed E-state index contributed by atoms with van der Waals surface area (Å²) in [5.41, 5.74) is 0. The van der Waals surface area contributed by atoms with Crippen molar-refractivity contribution in [1.82, 2.24) is 4.90 Å². The second-order valence-corrected chi connectivity index (χ2v) is 7.99. The lowest BCUT2D eigenvalue weighted by Crippen LogP contribution is -2.56. The van der Waals surface area contributed by atoms with Crippen LogP contribution in [0.1, 0.15) is 83.5 Å². The van der Waals surface area contributed by atoms with E-state index in [0.717, 1.165) is 30.0 Å². The van der Waals surface area contributed by atoms with Crippen molar-refractivity contribution in [3.05, 3.63) is 0 Å². The third kappa shape index (κ3) is 2.48. The summed E-state index contributed by atoms with van der Waals surface area (Å²) in [4.78, 5) is 3.07. The van der Waals surface area contributed by atoms with E-state index in [1.165, 1.54) is 51.4 Å². The van der Waals surface area contributed by atoms with Crippen molar-refractivity contribution in [2.45, 2.75) is 102 Å². The molecule has 108 valence electrons. The molecule has 0 aromatic carbocycles. The van der Waals surface area contributed by atoms with Gasteiger partial charge in [0.1, 0.15) is 0 Å². The minimum atomic E-state index is 0.984. The van der Waals surface area contributed by atoms with Crippen LogP contribution in [-0.4, -0.2) is 23.0 Å². The van der Waals surface area contributed by atoms with Crippen LogP contribution in [0.3, 0.4) is 0 Å². The molecule has 2 heterocycles. The Morgan fingerprint density at radius 1 is 0.474 bits per heavy atom. The van der Waals surface area contributed by atoms with Crippen LogP contribution in [0, 0.1) is 11.8 Å².